The maximum absolute atomic E-state index is 10.7. The fourth-order valence-corrected chi connectivity index (χ4v) is 2.81. The van der Waals surface area contributed by atoms with Crippen LogP contribution in [0.25, 0.3) is 0 Å². The highest BCUT2D eigenvalue weighted by atomic mass is 32.2. The van der Waals surface area contributed by atoms with Crippen LogP contribution in [0.15, 0.2) is 17.7 Å². The molecule has 2 rings (SSSR count). The van der Waals surface area contributed by atoms with Gasteiger partial charge >= 0.3 is 0 Å². The van der Waals surface area contributed by atoms with Crippen LogP contribution in [0.4, 0.5) is 0 Å². The number of thioether (sulfide) groups is 1. The van der Waals surface area contributed by atoms with Gasteiger partial charge in [0.2, 0.25) is 0 Å². The average Bonchev–Trinajstić information content (AvgIpc) is 2.98. The van der Waals surface area contributed by atoms with Crippen LogP contribution in [0, 0.1) is 10.1 Å². The molecular weight excluding hydrogens is 274 g/mol. The van der Waals surface area contributed by atoms with Crippen LogP contribution >= 0.6 is 23.5 Å². The molecule has 0 fully saturated rings. The molecule has 1 aliphatic rings. The van der Waals surface area contributed by atoms with E-state index in [0.29, 0.717) is 25.3 Å². The number of nitro groups is 1. The highest BCUT2D eigenvalue weighted by molar-refractivity contribution is 7.98. The van der Waals surface area contributed by atoms with Gasteiger partial charge in [-0.05, 0) is 0 Å². The SMILES string of the molecule is O=[N+]([O-])C1=C(NCCSCc2cnsn2)NCC1. The van der Waals surface area contributed by atoms with Crippen molar-refractivity contribution in [1.82, 2.24) is 19.4 Å². The first-order valence-corrected chi connectivity index (χ1v) is 7.35. The first kappa shape index (κ1) is 13.1. The minimum Gasteiger partial charge on any atom is -0.366 e. The van der Waals surface area contributed by atoms with Crippen molar-refractivity contribution in [2.75, 3.05) is 18.8 Å². The largest absolute Gasteiger partial charge is 0.366 e. The summed E-state index contributed by atoms with van der Waals surface area (Å²) < 4.78 is 8.03. The maximum atomic E-state index is 10.7. The summed E-state index contributed by atoms with van der Waals surface area (Å²) >= 11 is 2.93. The summed E-state index contributed by atoms with van der Waals surface area (Å²) in [4.78, 5) is 10.4. The molecule has 2 N–H and O–H groups in total. The lowest BCUT2D eigenvalue weighted by molar-refractivity contribution is -0.427. The number of hydrogen-bond acceptors (Lipinski definition) is 8. The zero-order valence-corrected chi connectivity index (χ0v) is 11.2. The highest BCUT2D eigenvalue weighted by Crippen LogP contribution is 2.12. The third-order valence-electron chi connectivity index (χ3n) is 2.38. The third-order valence-corrected chi connectivity index (χ3v) is 3.89. The molecule has 98 valence electrons. The van der Waals surface area contributed by atoms with Gasteiger partial charge in [-0.2, -0.15) is 20.5 Å². The monoisotopic (exact) mass is 287 g/mol. The molecule has 1 aromatic heterocycles. The number of nitrogens with zero attached hydrogens (tertiary/aromatic N) is 3. The van der Waals surface area contributed by atoms with Crippen molar-refractivity contribution in [3.8, 4) is 0 Å². The van der Waals surface area contributed by atoms with Gasteiger partial charge in [0.05, 0.1) is 35.0 Å². The molecule has 1 aliphatic heterocycles. The molecule has 2 heterocycles. The Morgan fingerprint density at radius 3 is 3.28 bits per heavy atom. The lowest BCUT2D eigenvalue weighted by atomic mass is 10.4. The Morgan fingerprint density at radius 2 is 2.56 bits per heavy atom. The second-order valence-electron chi connectivity index (χ2n) is 3.63. The van der Waals surface area contributed by atoms with E-state index in [4.69, 9.17) is 0 Å². The van der Waals surface area contributed by atoms with Gasteiger partial charge in [0, 0.05) is 24.6 Å². The first-order chi connectivity index (χ1) is 8.77. The predicted octanol–water partition coefficient (Wildman–Crippen LogP) is 0.800. The van der Waals surface area contributed by atoms with E-state index in [2.05, 4.69) is 19.4 Å². The van der Waals surface area contributed by atoms with Crippen LogP contribution in [-0.4, -0.2) is 32.5 Å². The van der Waals surface area contributed by atoms with Crippen molar-refractivity contribution < 1.29 is 4.92 Å². The Balaban J connectivity index is 1.66. The topological polar surface area (TPSA) is 93.0 Å². The zero-order valence-electron chi connectivity index (χ0n) is 9.59. The van der Waals surface area contributed by atoms with Crippen molar-refractivity contribution in [2.24, 2.45) is 0 Å². The molecule has 0 saturated heterocycles. The van der Waals surface area contributed by atoms with Crippen molar-refractivity contribution >= 4 is 23.5 Å². The maximum Gasteiger partial charge on any atom is 0.287 e. The number of nitrogens with one attached hydrogen (secondary N) is 2. The number of rotatable bonds is 7. The molecule has 0 radical (unpaired) electrons. The minimum absolute atomic E-state index is 0.253. The van der Waals surface area contributed by atoms with E-state index in [-0.39, 0.29) is 10.6 Å². The molecule has 0 aliphatic carbocycles. The zero-order chi connectivity index (χ0) is 12.8. The van der Waals surface area contributed by atoms with Crippen molar-refractivity contribution in [3.63, 3.8) is 0 Å². The fourth-order valence-electron chi connectivity index (χ4n) is 1.55. The number of hydrogen-bond donors (Lipinski definition) is 2. The van der Waals surface area contributed by atoms with Gasteiger partial charge in [-0.15, -0.1) is 0 Å². The van der Waals surface area contributed by atoms with Crippen molar-refractivity contribution in [3.05, 3.63) is 33.5 Å². The molecule has 18 heavy (non-hydrogen) atoms. The number of aromatic nitrogens is 2. The van der Waals surface area contributed by atoms with Crippen LogP contribution in [0.5, 0.6) is 0 Å². The second-order valence-corrected chi connectivity index (χ2v) is 5.30. The van der Waals surface area contributed by atoms with Crippen molar-refractivity contribution in [2.45, 2.75) is 12.2 Å². The minimum atomic E-state index is -0.323. The van der Waals surface area contributed by atoms with Crippen LogP contribution in [-0.2, 0) is 5.75 Å². The van der Waals surface area contributed by atoms with Gasteiger partial charge in [-0.25, -0.2) is 0 Å². The molecule has 7 nitrogen and oxygen atoms in total. The van der Waals surface area contributed by atoms with Gasteiger partial charge in [-0.3, -0.25) is 10.1 Å². The summed E-state index contributed by atoms with van der Waals surface area (Å²) in [6.45, 7) is 1.33. The third kappa shape index (κ3) is 3.57. The lowest BCUT2D eigenvalue weighted by Crippen LogP contribution is -2.26. The summed E-state index contributed by atoms with van der Waals surface area (Å²) in [7, 11) is 0. The standard InChI is InChI=1S/C9H13N5O2S2/c15-14(16)8-1-2-10-9(8)11-3-4-17-6-7-5-12-18-13-7/h5,10-11H,1-4,6H2. The van der Waals surface area contributed by atoms with E-state index in [1.165, 1.54) is 11.7 Å². The van der Waals surface area contributed by atoms with Crippen molar-refractivity contribution in [1.29, 1.82) is 0 Å². The van der Waals surface area contributed by atoms with Gasteiger partial charge in [0.25, 0.3) is 5.70 Å². The normalized spacial score (nSPS) is 14.7. The Bertz CT molecular complexity index is 434. The summed E-state index contributed by atoms with van der Waals surface area (Å²) in [6, 6.07) is 0. The van der Waals surface area contributed by atoms with Gasteiger partial charge < -0.3 is 10.6 Å². The summed E-state index contributed by atoms with van der Waals surface area (Å²) in [6.07, 6.45) is 2.24. The van der Waals surface area contributed by atoms with Gasteiger partial charge in [0.1, 0.15) is 0 Å². The van der Waals surface area contributed by atoms with Gasteiger partial charge in [0.15, 0.2) is 5.82 Å². The van der Waals surface area contributed by atoms with E-state index < -0.39 is 0 Å². The molecule has 0 amide bonds. The summed E-state index contributed by atoms with van der Waals surface area (Å²) in [5, 5.41) is 16.8. The Hall–Kier alpha value is -1.35. The van der Waals surface area contributed by atoms with Crippen LogP contribution < -0.4 is 10.6 Å². The van der Waals surface area contributed by atoms with Crippen LogP contribution in [0.2, 0.25) is 0 Å². The van der Waals surface area contributed by atoms with E-state index >= 15 is 0 Å². The van der Waals surface area contributed by atoms with E-state index in [1.54, 1.807) is 18.0 Å². The fraction of sp³-hybridized carbons (Fsp3) is 0.556. The first-order valence-electron chi connectivity index (χ1n) is 5.47. The molecule has 0 unspecified atom stereocenters. The van der Waals surface area contributed by atoms with Crippen LogP contribution in [0.3, 0.4) is 0 Å². The quantitative estimate of drug-likeness (QED) is 0.435. The molecule has 0 aromatic carbocycles. The summed E-state index contributed by atoms with van der Waals surface area (Å²) in [5.41, 5.74) is 1.23. The van der Waals surface area contributed by atoms with E-state index in [9.17, 15) is 10.1 Å². The molecule has 0 spiro atoms. The Kier molecular flexibility index (Phi) is 4.76. The van der Waals surface area contributed by atoms with Gasteiger partial charge in [-0.1, -0.05) is 0 Å². The molecular formula is C9H13N5O2S2. The smallest absolute Gasteiger partial charge is 0.287 e. The van der Waals surface area contributed by atoms with E-state index in [0.717, 1.165) is 17.2 Å². The molecule has 9 heteroatoms. The molecule has 1 aromatic rings. The molecule has 0 atom stereocenters. The van der Waals surface area contributed by atoms with Crippen LogP contribution in [0.1, 0.15) is 12.1 Å². The second kappa shape index (κ2) is 6.55. The Morgan fingerprint density at radius 1 is 1.67 bits per heavy atom. The van der Waals surface area contributed by atoms with E-state index in [1.807, 2.05) is 0 Å². The predicted molar refractivity (Wildman–Crippen MR) is 70.7 cm³/mol. The lowest BCUT2D eigenvalue weighted by Gasteiger charge is -2.06. The highest BCUT2D eigenvalue weighted by Gasteiger charge is 2.23. The Labute approximate surface area is 113 Å². The molecule has 0 bridgehead atoms. The summed E-state index contributed by atoms with van der Waals surface area (Å²) in [5.74, 6) is 2.26. The molecule has 0 saturated carbocycles. The average molecular weight is 287 g/mol.